The Kier molecular flexibility index (Phi) is 63.3. The van der Waals surface area contributed by atoms with Gasteiger partial charge in [-0.2, -0.15) is 65.9 Å². The Morgan fingerprint density at radius 2 is 0.602 bits per heavy atom. The van der Waals surface area contributed by atoms with Gasteiger partial charge >= 0.3 is 37.0 Å². The maximum absolute atomic E-state index is 13.9. The normalized spacial score (nSPS) is 17.6. The summed E-state index contributed by atoms with van der Waals surface area (Å²) in [6.45, 7) is 41.1. The molecular formula is C103H175F15O10. The van der Waals surface area contributed by atoms with Crippen molar-refractivity contribution in [3.05, 3.63) is 177 Å². The van der Waals surface area contributed by atoms with E-state index in [1.807, 2.05) is 27.7 Å². The summed E-state index contributed by atoms with van der Waals surface area (Å²) in [6, 6.07) is 32.2. The van der Waals surface area contributed by atoms with Gasteiger partial charge in [-0.25, -0.2) is 4.79 Å². The topological polar surface area (TPSA) is 100 Å². The molecule has 1 saturated carbocycles. The van der Waals surface area contributed by atoms with E-state index in [0.717, 1.165) is 114 Å². The molecule has 1 aliphatic carbocycles. The molecule has 25 heteroatoms. The smallest absolute Gasteiger partial charge is 0.429 e. The first kappa shape index (κ1) is 137. The standard InChI is InChI=1S/C23H35F3O2.C18H25F3O3.C18H25F3O2.C17H25F3O2.C17H25F3O.10CH4/c1-5-17(2)20-11-13-21(14-12-20)22(4,23(24,25)26)28-18(3)27-16-15-19-9-7-6-8-10-19;1-7-12(2)13-8-10-14(11-9-13)17(6,18(19,20)21)24-15(22)23-16(3,4)5;1-4-13(2)14-8-10-15(11-9-14)17(3,18(19,20)21)23-16-7-5-6-12-22-16;1-6-12(3)14-8-10-15(11-9-14)16(5,17(18,19)20)22-13(4)21-7-2;1-7-12(2)13-8-10-14(11-9-13)16(6,17(18,19)20)21-15(3,4)5;;;;;;;;;;/h11-14,17-19H,5-10,15-16H2,1-4H3;8-12H,7H2,1-6H3;8-11,13,16H,4-7,12H2,1-3H3;8-13H,6-7H2,1-5H3;8-12H,7H2,1-6H3;10*1H4. The molecule has 752 valence electrons. The maximum Gasteiger partial charge on any atom is 0.510 e. The second-order valence-corrected chi connectivity index (χ2v) is 34.0. The average molecular weight is 1860 g/mol. The highest BCUT2D eigenvalue weighted by atomic mass is 19.4. The van der Waals surface area contributed by atoms with Crippen molar-refractivity contribution in [2.24, 2.45) is 5.92 Å². The molecule has 2 aliphatic rings. The molecule has 5 aromatic carbocycles. The number of ether oxygens (including phenoxy) is 9. The third-order valence-electron chi connectivity index (χ3n) is 22.4. The predicted octanol–water partition coefficient (Wildman–Crippen LogP) is 36.3. The van der Waals surface area contributed by atoms with Gasteiger partial charge < -0.3 is 42.6 Å². The minimum atomic E-state index is -4.78. The van der Waals surface area contributed by atoms with Crippen LogP contribution in [0.5, 0.6) is 0 Å². The van der Waals surface area contributed by atoms with E-state index in [4.69, 9.17) is 42.6 Å². The largest absolute Gasteiger partial charge is 0.510 e. The molecule has 0 amide bonds. The Hall–Kier alpha value is -5.96. The van der Waals surface area contributed by atoms with Crippen molar-refractivity contribution in [1.29, 1.82) is 0 Å². The lowest BCUT2D eigenvalue weighted by Gasteiger charge is -2.38. The van der Waals surface area contributed by atoms with E-state index >= 15 is 0 Å². The molecule has 2 fully saturated rings. The number of hydrogen-bond acceptors (Lipinski definition) is 10. The Morgan fingerprint density at radius 3 is 0.852 bits per heavy atom. The molecule has 128 heavy (non-hydrogen) atoms. The molecule has 5 aromatic rings. The van der Waals surface area contributed by atoms with E-state index < -0.39 is 95.1 Å². The molecule has 10 nitrogen and oxygen atoms in total. The number of hydrogen-bond donors (Lipinski definition) is 0. The Labute approximate surface area is 767 Å². The second kappa shape index (κ2) is 58.9. The Bertz CT molecular complexity index is 3660. The highest BCUT2D eigenvalue weighted by Gasteiger charge is 2.60. The third-order valence-corrected chi connectivity index (χ3v) is 22.4. The monoisotopic (exact) mass is 1860 g/mol. The molecule has 7 rings (SSSR count). The molecule has 0 radical (unpaired) electrons. The summed E-state index contributed by atoms with van der Waals surface area (Å²) in [5.74, 6) is 2.15. The Balaban J connectivity index is -0.000000231. The predicted molar refractivity (Wildman–Crippen MR) is 503 cm³/mol. The molecule has 0 spiro atoms. The van der Waals surface area contributed by atoms with Crippen LogP contribution in [0.1, 0.15) is 416 Å². The van der Waals surface area contributed by atoms with Gasteiger partial charge in [0.1, 0.15) is 5.60 Å². The zero-order chi connectivity index (χ0) is 90.1. The van der Waals surface area contributed by atoms with Crippen molar-refractivity contribution in [3.63, 3.8) is 0 Å². The van der Waals surface area contributed by atoms with Crippen LogP contribution in [0.3, 0.4) is 0 Å². The van der Waals surface area contributed by atoms with E-state index in [1.165, 1.54) is 99.7 Å². The van der Waals surface area contributed by atoms with Gasteiger partial charge in [-0.05, 0) is 240 Å². The average Bonchev–Trinajstić information content (AvgIpc) is 0.739. The molecule has 0 aromatic heterocycles. The number of benzene rings is 5. The van der Waals surface area contributed by atoms with Crippen molar-refractivity contribution >= 4 is 6.16 Å². The lowest BCUT2D eigenvalue weighted by atomic mass is 9.87. The molecule has 0 bridgehead atoms. The number of carbonyl (C=O) groups excluding carboxylic acids is 1. The van der Waals surface area contributed by atoms with Crippen LogP contribution in [0.4, 0.5) is 70.7 Å². The molecule has 0 N–H and O–H groups in total. The van der Waals surface area contributed by atoms with Gasteiger partial charge in [0.25, 0.3) is 0 Å². The Morgan fingerprint density at radius 1 is 0.336 bits per heavy atom. The summed E-state index contributed by atoms with van der Waals surface area (Å²) >= 11 is 0. The molecule has 13 unspecified atom stereocenters. The van der Waals surface area contributed by atoms with E-state index in [0.29, 0.717) is 55.8 Å². The molecular weight excluding hydrogens is 1680 g/mol. The zero-order valence-corrected chi connectivity index (χ0v) is 74.0. The van der Waals surface area contributed by atoms with Gasteiger partial charge in [0.05, 0.1) is 5.60 Å². The highest BCUT2D eigenvalue weighted by molar-refractivity contribution is 5.62. The van der Waals surface area contributed by atoms with Crippen molar-refractivity contribution in [1.82, 2.24) is 0 Å². The minimum Gasteiger partial charge on any atom is -0.429 e. The summed E-state index contributed by atoms with van der Waals surface area (Å²) in [6.07, 6.45) is -12.9. The maximum atomic E-state index is 13.9. The molecule has 1 heterocycles. The number of alkyl halides is 15. The minimum absolute atomic E-state index is 0. The quantitative estimate of drug-likeness (QED) is 0.0261. The molecule has 1 saturated heterocycles. The van der Waals surface area contributed by atoms with Gasteiger partial charge in [0, 0.05) is 25.4 Å². The van der Waals surface area contributed by atoms with Gasteiger partial charge in [-0.15, -0.1) is 0 Å². The fourth-order valence-electron chi connectivity index (χ4n) is 13.2. The summed E-state index contributed by atoms with van der Waals surface area (Å²) in [5, 5.41) is 0. The van der Waals surface area contributed by atoms with Crippen LogP contribution < -0.4 is 0 Å². The lowest BCUT2D eigenvalue weighted by molar-refractivity contribution is -0.329. The van der Waals surface area contributed by atoms with Crippen LogP contribution in [0.2, 0.25) is 0 Å². The molecule has 13 atom stereocenters. The SMILES string of the molecule is C.C.C.C.C.C.C.C.C.C.CCC(C)c1ccc(C(C)(OC(=O)OC(C)(C)C)C(F)(F)F)cc1.CCC(C)c1ccc(C(C)(OC(C)(C)C)C(F)(F)F)cc1.CCC(C)c1ccc(C(C)(OC(C)OCCC2CCCCC2)C(F)(F)F)cc1.CCC(C)c1ccc(C(C)(OC2CCCCO2)C(F)(F)F)cc1.CCOC(C)OC(C)(c1ccc(C(C)CC)cc1)C(F)(F)F. The summed E-state index contributed by atoms with van der Waals surface area (Å²) in [5.41, 5.74) is -8.69. The first-order valence-corrected chi connectivity index (χ1v) is 41.7. The zero-order valence-electron chi connectivity index (χ0n) is 74.0. The van der Waals surface area contributed by atoms with Crippen LogP contribution in [0.25, 0.3) is 0 Å². The van der Waals surface area contributed by atoms with Crippen LogP contribution >= 0.6 is 0 Å². The van der Waals surface area contributed by atoms with Crippen molar-refractivity contribution in [2.45, 2.75) is 449 Å². The van der Waals surface area contributed by atoms with Crippen LogP contribution in [0.15, 0.2) is 121 Å². The number of rotatable bonds is 29. The van der Waals surface area contributed by atoms with Crippen LogP contribution in [-0.2, 0) is 70.6 Å². The van der Waals surface area contributed by atoms with Crippen LogP contribution in [0, 0.1) is 5.92 Å². The summed E-state index contributed by atoms with van der Waals surface area (Å²) < 4.78 is 252. The van der Waals surface area contributed by atoms with E-state index in [-0.39, 0.29) is 108 Å². The number of halogens is 15. The van der Waals surface area contributed by atoms with E-state index in [1.54, 1.807) is 116 Å². The van der Waals surface area contributed by atoms with Crippen molar-refractivity contribution in [3.8, 4) is 0 Å². The van der Waals surface area contributed by atoms with Gasteiger partial charge in [0.2, 0.25) is 5.60 Å². The van der Waals surface area contributed by atoms with Crippen molar-refractivity contribution in [2.75, 3.05) is 19.8 Å². The lowest BCUT2D eigenvalue weighted by Crippen LogP contribution is -2.46. The van der Waals surface area contributed by atoms with E-state index in [9.17, 15) is 70.7 Å². The van der Waals surface area contributed by atoms with Crippen molar-refractivity contribution < 1.29 is 113 Å². The summed E-state index contributed by atoms with van der Waals surface area (Å²) in [4.78, 5) is 11.8. The summed E-state index contributed by atoms with van der Waals surface area (Å²) in [7, 11) is 0. The fraction of sp³-hybridized carbons (Fsp3) is 0.699. The first-order valence-electron chi connectivity index (χ1n) is 41.7. The fourth-order valence-corrected chi connectivity index (χ4v) is 13.2. The van der Waals surface area contributed by atoms with E-state index in [2.05, 4.69) is 41.5 Å². The first-order chi connectivity index (χ1) is 54.3. The van der Waals surface area contributed by atoms with Crippen LogP contribution in [-0.4, -0.2) is 86.9 Å². The highest BCUT2D eigenvalue weighted by Crippen LogP contribution is 2.50. The van der Waals surface area contributed by atoms with Gasteiger partial charge in [-0.3, -0.25) is 0 Å². The third kappa shape index (κ3) is 40.5. The second-order valence-electron chi connectivity index (χ2n) is 34.0. The van der Waals surface area contributed by atoms with Gasteiger partial charge in [-0.1, -0.05) is 297 Å². The molecule has 1 aliphatic heterocycles. The van der Waals surface area contributed by atoms with Gasteiger partial charge in [0.15, 0.2) is 41.3 Å². The number of carbonyl (C=O) groups is 1.